The Bertz CT molecular complexity index is 608. The van der Waals surface area contributed by atoms with Gasteiger partial charge in [0.05, 0.1) is 20.3 Å². The van der Waals surface area contributed by atoms with Crippen molar-refractivity contribution in [3.05, 3.63) is 36.4 Å². The first kappa shape index (κ1) is 17.3. The molecule has 134 valence electrons. The number of ether oxygens (including phenoxy) is 3. The molecule has 0 N–H and O–H groups in total. The van der Waals surface area contributed by atoms with E-state index in [-0.39, 0.29) is 11.9 Å². The van der Waals surface area contributed by atoms with E-state index in [4.69, 9.17) is 14.2 Å². The van der Waals surface area contributed by atoms with Crippen LogP contribution in [-0.2, 0) is 19.1 Å². The molecule has 1 fully saturated rings. The molecule has 1 aromatic rings. The molecular formula is C19H23NO5. The molecule has 1 aromatic carbocycles. The monoisotopic (exact) mass is 345 g/mol. The van der Waals surface area contributed by atoms with Crippen LogP contribution in [0.3, 0.4) is 0 Å². The summed E-state index contributed by atoms with van der Waals surface area (Å²) in [7, 11) is 1.59. The van der Waals surface area contributed by atoms with E-state index in [1.807, 2.05) is 12.1 Å². The third kappa shape index (κ3) is 4.13. The Morgan fingerprint density at radius 1 is 0.920 bits per heavy atom. The lowest BCUT2D eigenvalue weighted by Crippen LogP contribution is -2.21. The van der Waals surface area contributed by atoms with Crippen LogP contribution in [0.4, 0.5) is 5.69 Å². The second-order valence-electron chi connectivity index (χ2n) is 6.09. The molecule has 2 aliphatic rings. The molecule has 0 amide bonds. The number of esters is 2. The van der Waals surface area contributed by atoms with Crippen molar-refractivity contribution in [2.75, 3.05) is 25.2 Å². The van der Waals surface area contributed by atoms with Gasteiger partial charge in [-0.2, -0.15) is 0 Å². The third-order valence-corrected chi connectivity index (χ3v) is 4.35. The van der Waals surface area contributed by atoms with Gasteiger partial charge in [-0.15, -0.1) is 0 Å². The average molecular weight is 345 g/mol. The number of cyclic esters (lactones) is 2. The van der Waals surface area contributed by atoms with Gasteiger partial charge in [-0.05, 0) is 49.9 Å². The Hall–Kier alpha value is -2.50. The first-order valence-electron chi connectivity index (χ1n) is 8.63. The summed E-state index contributed by atoms with van der Waals surface area (Å²) in [5.74, 6) is -0.0349. The molecule has 0 radical (unpaired) electrons. The summed E-state index contributed by atoms with van der Waals surface area (Å²) in [6.07, 6.45) is 7.47. The smallest absolute Gasteiger partial charge is 0.331 e. The molecule has 0 spiro atoms. The molecule has 0 aliphatic carbocycles. The number of rotatable bonds is 2. The van der Waals surface area contributed by atoms with E-state index >= 15 is 0 Å². The van der Waals surface area contributed by atoms with Gasteiger partial charge >= 0.3 is 11.9 Å². The summed E-state index contributed by atoms with van der Waals surface area (Å²) in [5, 5.41) is 0. The predicted octanol–water partition coefficient (Wildman–Crippen LogP) is 2.47. The highest BCUT2D eigenvalue weighted by Gasteiger charge is 2.59. The number of benzene rings is 1. The number of hydrogen-bond acceptors (Lipinski definition) is 6. The summed E-state index contributed by atoms with van der Waals surface area (Å²) in [4.78, 5) is 26.5. The SMILES string of the molecule is COc1ccc(N2[C@@H]3C(=O)OCCCC=CCCCOC(=O)[C@@H]32)cc1. The highest BCUT2D eigenvalue weighted by atomic mass is 16.5. The number of fused-ring (bicyclic) bond motifs is 1. The summed E-state index contributed by atoms with van der Waals surface area (Å²) in [5.41, 5.74) is 0.774. The fourth-order valence-corrected chi connectivity index (χ4v) is 2.95. The van der Waals surface area contributed by atoms with E-state index in [9.17, 15) is 9.59 Å². The zero-order valence-electron chi connectivity index (χ0n) is 14.3. The summed E-state index contributed by atoms with van der Waals surface area (Å²) < 4.78 is 15.8. The van der Waals surface area contributed by atoms with Gasteiger partial charge in [0.15, 0.2) is 12.1 Å². The standard InChI is InChI=1S/C19H23NO5/c1-23-15-10-8-14(9-11-15)20-16-17(20)19(22)25-13-7-5-3-2-4-6-12-24-18(16)21/h2-3,8-11,16-17H,4-7,12-13H2,1H3/t16-,17+,20?. The molecule has 3 rings (SSSR count). The maximum Gasteiger partial charge on any atom is 0.331 e. The van der Waals surface area contributed by atoms with E-state index in [0.29, 0.717) is 13.2 Å². The number of anilines is 1. The molecule has 2 atom stereocenters. The Morgan fingerprint density at radius 2 is 1.44 bits per heavy atom. The minimum Gasteiger partial charge on any atom is -0.497 e. The number of hydrogen-bond donors (Lipinski definition) is 0. The van der Waals surface area contributed by atoms with Crippen molar-refractivity contribution in [3.8, 4) is 5.75 Å². The normalized spacial score (nSPS) is 24.6. The van der Waals surface area contributed by atoms with E-state index in [0.717, 1.165) is 37.1 Å². The van der Waals surface area contributed by atoms with Crippen LogP contribution >= 0.6 is 0 Å². The average Bonchev–Trinajstić information content (AvgIpc) is 3.38. The molecule has 6 heteroatoms. The first-order valence-corrected chi connectivity index (χ1v) is 8.63. The van der Waals surface area contributed by atoms with E-state index in [1.54, 1.807) is 24.1 Å². The van der Waals surface area contributed by atoms with Gasteiger partial charge in [0, 0.05) is 5.69 Å². The molecule has 2 aliphatic heterocycles. The van der Waals surface area contributed by atoms with Crippen LogP contribution in [0.1, 0.15) is 25.7 Å². The highest BCUT2D eigenvalue weighted by Crippen LogP contribution is 2.37. The molecule has 0 saturated carbocycles. The molecule has 6 nitrogen and oxygen atoms in total. The van der Waals surface area contributed by atoms with Crippen LogP contribution in [0.5, 0.6) is 5.75 Å². The lowest BCUT2D eigenvalue weighted by Gasteiger charge is -2.07. The largest absolute Gasteiger partial charge is 0.497 e. The molecule has 1 saturated heterocycles. The number of carbonyl (C=O) groups is 2. The zero-order valence-corrected chi connectivity index (χ0v) is 14.3. The Labute approximate surface area is 147 Å². The van der Waals surface area contributed by atoms with Crippen molar-refractivity contribution in [2.45, 2.75) is 37.8 Å². The van der Waals surface area contributed by atoms with E-state index in [1.165, 1.54) is 0 Å². The van der Waals surface area contributed by atoms with Crippen molar-refractivity contribution < 1.29 is 23.8 Å². The quantitative estimate of drug-likeness (QED) is 0.466. The van der Waals surface area contributed by atoms with Crippen molar-refractivity contribution in [3.63, 3.8) is 0 Å². The molecule has 2 heterocycles. The van der Waals surface area contributed by atoms with Gasteiger partial charge in [-0.1, -0.05) is 12.2 Å². The van der Waals surface area contributed by atoms with Crippen molar-refractivity contribution in [1.29, 1.82) is 0 Å². The van der Waals surface area contributed by atoms with Gasteiger partial charge in [0.25, 0.3) is 0 Å². The number of nitrogens with zero attached hydrogens (tertiary/aromatic N) is 1. The summed E-state index contributed by atoms with van der Waals surface area (Å²) in [6.45, 7) is 0.718. The number of allylic oxidation sites excluding steroid dienone is 2. The van der Waals surface area contributed by atoms with E-state index < -0.39 is 12.1 Å². The second-order valence-corrected chi connectivity index (χ2v) is 6.09. The van der Waals surface area contributed by atoms with Crippen LogP contribution in [0, 0.1) is 0 Å². The van der Waals surface area contributed by atoms with Gasteiger partial charge in [0.1, 0.15) is 5.75 Å². The van der Waals surface area contributed by atoms with Gasteiger partial charge < -0.3 is 19.1 Å². The summed E-state index contributed by atoms with van der Waals surface area (Å²) >= 11 is 0. The van der Waals surface area contributed by atoms with E-state index in [2.05, 4.69) is 12.2 Å². The minimum atomic E-state index is -0.612. The fraction of sp³-hybridized carbons (Fsp3) is 0.474. The third-order valence-electron chi connectivity index (χ3n) is 4.35. The van der Waals surface area contributed by atoms with Crippen LogP contribution in [0.15, 0.2) is 36.4 Å². The maximum absolute atomic E-state index is 12.4. The van der Waals surface area contributed by atoms with Crippen LogP contribution < -0.4 is 9.64 Å². The Morgan fingerprint density at radius 3 is 1.92 bits per heavy atom. The Kier molecular flexibility index (Phi) is 5.58. The summed E-state index contributed by atoms with van der Waals surface area (Å²) in [6, 6.07) is 6.02. The van der Waals surface area contributed by atoms with Crippen LogP contribution in [-0.4, -0.2) is 44.3 Å². The number of methoxy groups -OCH3 is 1. The predicted molar refractivity (Wildman–Crippen MR) is 92.6 cm³/mol. The molecule has 0 bridgehead atoms. The topological polar surface area (TPSA) is 64.8 Å². The van der Waals surface area contributed by atoms with Crippen LogP contribution in [0.2, 0.25) is 0 Å². The molecule has 25 heavy (non-hydrogen) atoms. The molecule has 0 unspecified atom stereocenters. The maximum atomic E-state index is 12.4. The lowest BCUT2D eigenvalue weighted by atomic mass is 10.2. The van der Waals surface area contributed by atoms with Gasteiger partial charge in [-0.3, -0.25) is 0 Å². The zero-order chi connectivity index (χ0) is 17.6. The molecular weight excluding hydrogens is 322 g/mol. The minimum absolute atomic E-state index is 0.359. The van der Waals surface area contributed by atoms with Gasteiger partial charge in [-0.25, -0.2) is 9.59 Å². The Balaban J connectivity index is 1.74. The number of carbonyl (C=O) groups excluding carboxylic acids is 2. The first-order chi connectivity index (χ1) is 12.2. The second kappa shape index (κ2) is 8.05. The van der Waals surface area contributed by atoms with Crippen molar-refractivity contribution >= 4 is 17.6 Å². The van der Waals surface area contributed by atoms with Crippen LogP contribution in [0.25, 0.3) is 0 Å². The molecule has 0 aromatic heterocycles. The lowest BCUT2D eigenvalue weighted by molar-refractivity contribution is -0.147. The van der Waals surface area contributed by atoms with Crippen molar-refractivity contribution in [2.24, 2.45) is 0 Å². The van der Waals surface area contributed by atoms with Crippen molar-refractivity contribution in [1.82, 2.24) is 0 Å². The highest BCUT2D eigenvalue weighted by molar-refractivity contribution is 6.01. The van der Waals surface area contributed by atoms with Gasteiger partial charge in [0.2, 0.25) is 0 Å². The fourth-order valence-electron chi connectivity index (χ4n) is 2.95.